The molecule has 0 aliphatic rings. The molecule has 0 unspecified atom stereocenters. The van der Waals surface area contributed by atoms with Gasteiger partial charge < -0.3 is 15.5 Å². The van der Waals surface area contributed by atoms with Crippen molar-refractivity contribution >= 4 is 35.0 Å². The Labute approximate surface area is 216 Å². The number of anilines is 2. The molecule has 2 aromatic carbocycles. The first kappa shape index (κ1) is 26.8. The minimum atomic E-state index is -0.413. The summed E-state index contributed by atoms with van der Waals surface area (Å²) in [5.41, 5.74) is 2.11. The van der Waals surface area contributed by atoms with E-state index in [0.717, 1.165) is 18.5 Å². The molecular formula is C27H31ClN6O2. The molecule has 3 rings (SSSR count). The van der Waals surface area contributed by atoms with Gasteiger partial charge in [0, 0.05) is 23.7 Å². The van der Waals surface area contributed by atoms with Crippen molar-refractivity contribution in [3.8, 4) is 11.8 Å². The quantitative estimate of drug-likeness (QED) is 0.393. The van der Waals surface area contributed by atoms with Crippen LogP contribution in [0.2, 0.25) is 5.02 Å². The van der Waals surface area contributed by atoms with Gasteiger partial charge in [0.05, 0.1) is 28.0 Å². The highest BCUT2D eigenvalue weighted by molar-refractivity contribution is 6.32. The molecule has 0 aliphatic heterocycles. The molecule has 0 spiro atoms. The number of urea groups is 1. The van der Waals surface area contributed by atoms with Crippen LogP contribution in [-0.4, -0.2) is 39.7 Å². The maximum absolute atomic E-state index is 13.1. The zero-order chi connectivity index (χ0) is 26.3. The summed E-state index contributed by atoms with van der Waals surface area (Å²) in [5, 5.41) is 20.0. The van der Waals surface area contributed by atoms with Crippen molar-refractivity contribution in [3.63, 3.8) is 0 Å². The number of unbranched alkanes of at least 4 members (excludes halogenated alkanes) is 1. The standard InChI is InChI=1S/C27H31ClN6O2/c1-5-6-14-33(26(36)30-20-11-9-10-19(15-20)17-29)18-25(35)31-24-16-23(27(2,3)4)32-34(24)22-13-8-7-12-21(22)28/h7-13,15-16H,5-6,14,18H2,1-4H3,(H,30,36)(H,31,35). The molecule has 0 bridgehead atoms. The molecule has 1 heterocycles. The number of nitrogens with one attached hydrogen (secondary N) is 2. The van der Waals surface area contributed by atoms with Gasteiger partial charge in [-0.3, -0.25) is 4.79 Å². The molecule has 188 valence electrons. The summed E-state index contributed by atoms with van der Waals surface area (Å²) in [6.45, 7) is 8.39. The Morgan fingerprint density at radius 1 is 1.11 bits per heavy atom. The summed E-state index contributed by atoms with van der Waals surface area (Å²) in [5.74, 6) is 0.108. The third-order valence-electron chi connectivity index (χ3n) is 5.47. The van der Waals surface area contributed by atoms with Crippen molar-refractivity contribution in [2.24, 2.45) is 0 Å². The molecule has 1 aromatic heterocycles. The first-order valence-electron chi connectivity index (χ1n) is 11.8. The van der Waals surface area contributed by atoms with Gasteiger partial charge in [0.25, 0.3) is 0 Å². The van der Waals surface area contributed by atoms with Crippen LogP contribution < -0.4 is 10.6 Å². The number of carbonyl (C=O) groups excluding carboxylic acids is 2. The summed E-state index contributed by atoms with van der Waals surface area (Å²) >= 11 is 6.42. The van der Waals surface area contributed by atoms with Crippen molar-refractivity contribution in [2.75, 3.05) is 23.7 Å². The number of carbonyl (C=O) groups is 2. The van der Waals surface area contributed by atoms with Crippen LogP contribution in [0, 0.1) is 11.3 Å². The Hall–Kier alpha value is -3.83. The van der Waals surface area contributed by atoms with Crippen LogP contribution in [0.15, 0.2) is 54.6 Å². The topological polar surface area (TPSA) is 103 Å². The molecule has 36 heavy (non-hydrogen) atoms. The first-order chi connectivity index (χ1) is 17.1. The number of nitriles is 1. The number of hydrogen-bond acceptors (Lipinski definition) is 4. The number of rotatable bonds is 8. The Morgan fingerprint density at radius 3 is 2.53 bits per heavy atom. The number of aromatic nitrogens is 2. The summed E-state index contributed by atoms with van der Waals surface area (Å²) in [7, 11) is 0. The van der Waals surface area contributed by atoms with E-state index in [9.17, 15) is 9.59 Å². The van der Waals surface area contributed by atoms with Crippen LogP contribution in [0.1, 0.15) is 51.8 Å². The SMILES string of the molecule is CCCCN(CC(=O)Nc1cc(C(C)(C)C)nn1-c1ccccc1Cl)C(=O)Nc1cccc(C#N)c1. The third kappa shape index (κ3) is 6.86. The Kier molecular flexibility index (Phi) is 8.73. The molecule has 0 saturated carbocycles. The smallest absolute Gasteiger partial charge is 0.315 e. The van der Waals surface area contributed by atoms with Crippen LogP contribution in [0.4, 0.5) is 16.3 Å². The first-order valence-corrected chi connectivity index (χ1v) is 12.2. The molecule has 0 atom stereocenters. The summed E-state index contributed by atoms with van der Waals surface area (Å²) < 4.78 is 1.62. The molecule has 0 radical (unpaired) electrons. The van der Waals surface area contributed by atoms with E-state index in [2.05, 4.69) is 16.7 Å². The van der Waals surface area contributed by atoms with Gasteiger partial charge in [-0.25, -0.2) is 9.48 Å². The van der Waals surface area contributed by atoms with Gasteiger partial charge in [0.2, 0.25) is 5.91 Å². The van der Waals surface area contributed by atoms with Crippen molar-refractivity contribution in [3.05, 3.63) is 70.9 Å². The van der Waals surface area contributed by atoms with Crippen LogP contribution in [-0.2, 0) is 10.2 Å². The molecule has 0 saturated heterocycles. The molecule has 9 heteroatoms. The summed E-state index contributed by atoms with van der Waals surface area (Å²) in [6.07, 6.45) is 1.61. The van der Waals surface area contributed by atoms with Crippen molar-refractivity contribution in [1.82, 2.24) is 14.7 Å². The molecule has 8 nitrogen and oxygen atoms in total. The molecule has 0 fully saturated rings. The van der Waals surface area contributed by atoms with E-state index in [4.69, 9.17) is 22.0 Å². The number of amides is 3. The zero-order valence-corrected chi connectivity index (χ0v) is 21.8. The highest BCUT2D eigenvalue weighted by Crippen LogP contribution is 2.29. The lowest BCUT2D eigenvalue weighted by Gasteiger charge is -2.22. The predicted molar refractivity (Wildman–Crippen MR) is 143 cm³/mol. The fraction of sp³-hybridized carbons (Fsp3) is 0.333. The normalized spacial score (nSPS) is 11.0. The molecule has 3 aromatic rings. The average molecular weight is 507 g/mol. The van der Waals surface area contributed by atoms with Crippen molar-refractivity contribution in [1.29, 1.82) is 5.26 Å². The fourth-order valence-corrected chi connectivity index (χ4v) is 3.69. The van der Waals surface area contributed by atoms with E-state index in [-0.39, 0.29) is 17.9 Å². The van der Waals surface area contributed by atoms with Crippen LogP contribution >= 0.6 is 11.6 Å². The van der Waals surface area contributed by atoms with E-state index in [1.54, 1.807) is 35.0 Å². The maximum atomic E-state index is 13.1. The molecule has 2 N–H and O–H groups in total. The Balaban J connectivity index is 1.82. The fourth-order valence-electron chi connectivity index (χ4n) is 3.47. The second-order valence-corrected chi connectivity index (χ2v) is 9.88. The minimum absolute atomic E-state index is 0.150. The van der Waals surface area contributed by atoms with Gasteiger partial charge in [-0.15, -0.1) is 0 Å². The van der Waals surface area contributed by atoms with Gasteiger partial charge in [0.1, 0.15) is 12.4 Å². The lowest BCUT2D eigenvalue weighted by molar-refractivity contribution is -0.116. The summed E-state index contributed by atoms with van der Waals surface area (Å²) in [4.78, 5) is 27.6. The molecular weight excluding hydrogens is 476 g/mol. The lowest BCUT2D eigenvalue weighted by Crippen LogP contribution is -2.41. The highest BCUT2D eigenvalue weighted by Gasteiger charge is 2.23. The van der Waals surface area contributed by atoms with Gasteiger partial charge in [-0.2, -0.15) is 10.4 Å². The van der Waals surface area contributed by atoms with Crippen LogP contribution in [0.5, 0.6) is 0 Å². The van der Waals surface area contributed by atoms with E-state index < -0.39 is 6.03 Å². The zero-order valence-electron chi connectivity index (χ0n) is 21.0. The van der Waals surface area contributed by atoms with E-state index in [1.165, 1.54) is 4.90 Å². The van der Waals surface area contributed by atoms with Gasteiger partial charge >= 0.3 is 6.03 Å². The van der Waals surface area contributed by atoms with E-state index >= 15 is 0 Å². The maximum Gasteiger partial charge on any atom is 0.322 e. The monoisotopic (exact) mass is 506 g/mol. The van der Waals surface area contributed by atoms with Crippen LogP contribution in [0.25, 0.3) is 5.69 Å². The average Bonchev–Trinajstić information content (AvgIpc) is 3.26. The third-order valence-corrected chi connectivity index (χ3v) is 5.79. The van der Waals surface area contributed by atoms with Crippen molar-refractivity contribution < 1.29 is 9.59 Å². The van der Waals surface area contributed by atoms with Crippen LogP contribution in [0.3, 0.4) is 0 Å². The number of hydrogen-bond donors (Lipinski definition) is 2. The Morgan fingerprint density at radius 2 is 1.86 bits per heavy atom. The number of nitrogens with zero attached hydrogens (tertiary/aromatic N) is 4. The van der Waals surface area contributed by atoms with Crippen molar-refractivity contribution in [2.45, 2.75) is 46.0 Å². The van der Waals surface area contributed by atoms with Gasteiger partial charge in [-0.05, 0) is 36.8 Å². The predicted octanol–water partition coefficient (Wildman–Crippen LogP) is 5.97. The molecule has 3 amide bonds. The van der Waals surface area contributed by atoms with E-state index in [0.29, 0.717) is 34.3 Å². The highest BCUT2D eigenvalue weighted by atomic mass is 35.5. The minimum Gasteiger partial charge on any atom is -0.315 e. The largest absolute Gasteiger partial charge is 0.322 e. The Bertz CT molecular complexity index is 1270. The number of benzene rings is 2. The molecule has 0 aliphatic carbocycles. The second kappa shape index (κ2) is 11.7. The lowest BCUT2D eigenvalue weighted by atomic mass is 9.92. The van der Waals surface area contributed by atoms with Gasteiger partial charge in [-0.1, -0.05) is 63.9 Å². The van der Waals surface area contributed by atoms with Gasteiger partial charge in [0.15, 0.2) is 0 Å². The second-order valence-electron chi connectivity index (χ2n) is 9.47. The number of para-hydroxylation sites is 1. The number of halogens is 1. The van der Waals surface area contributed by atoms with E-state index in [1.807, 2.05) is 52.0 Å². The summed E-state index contributed by atoms with van der Waals surface area (Å²) in [6, 6.07) is 17.4.